The summed E-state index contributed by atoms with van der Waals surface area (Å²) >= 11 is 0. The number of nitriles is 1. The largest absolute Gasteiger partial charge is 0.389 e. The average molecular weight is 272 g/mol. The van der Waals surface area contributed by atoms with Crippen LogP contribution in [0.3, 0.4) is 0 Å². The maximum atomic E-state index is 10.5. The summed E-state index contributed by atoms with van der Waals surface area (Å²) in [5, 5.41) is 22.7. The molecule has 0 aliphatic heterocycles. The van der Waals surface area contributed by atoms with Gasteiger partial charge in [0.25, 0.3) is 0 Å². The lowest BCUT2D eigenvalue weighted by atomic mass is 9.79. The van der Waals surface area contributed by atoms with Crippen LogP contribution in [0.25, 0.3) is 0 Å². The van der Waals surface area contributed by atoms with Crippen LogP contribution in [0.2, 0.25) is 0 Å². The Morgan fingerprint density at radius 3 is 2.70 bits per heavy atom. The van der Waals surface area contributed by atoms with Gasteiger partial charge in [0, 0.05) is 13.1 Å². The lowest BCUT2D eigenvalue weighted by molar-refractivity contribution is -0.00631. The first kappa shape index (κ1) is 15.0. The first-order valence-electron chi connectivity index (χ1n) is 7.45. The summed E-state index contributed by atoms with van der Waals surface area (Å²) in [6, 6.07) is 7.91. The zero-order chi connectivity index (χ0) is 14.6. The summed E-state index contributed by atoms with van der Waals surface area (Å²) in [5.74, 6) is 0.746. The third kappa shape index (κ3) is 3.82. The number of rotatable bonds is 4. The highest BCUT2D eigenvalue weighted by Crippen LogP contribution is 2.31. The topological polar surface area (TPSA) is 56.0 Å². The normalized spacial score (nSPS) is 26.2. The van der Waals surface area contributed by atoms with E-state index in [-0.39, 0.29) is 0 Å². The van der Waals surface area contributed by atoms with Crippen molar-refractivity contribution in [2.75, 3.05) is 6.54 Å². The Hall–Kier alpha value is -1.37. The van der Waals surface area contributed by atoms with Crippen molar-refractivity contribution >= 4 is 0 Å². The molecule has 1 saturated carbocycles. The van der Waals surface area contributed by atoms with Crippen molar-refractivity contribution in [3.8, 4) is 6.07 Å². The quantitative estimate of drug-likeness (QED) is 0.886. The van der Waals surface area contributed by atoms with Crippen molar-refractivity contribution in [3.05, 3.63) is 34.9 Å². The molecular weight excluding hydrogens is 248 g/mol. The average Bonchev–Trinajstić information content (AvgIpc) is 2.44. The van der Waals surface area contributed by atoms with Crippen LogP contribution >= 0.6 is 0 Å². The predicted octanol–water partition coefficient (Wildman–Crippen LogP) is 2.90. The molecule has 108 valence electrons. The Morgan fingerprint density at radius 2 is 2.10 bits per heavy atom. The van der Waals surface area contributed by atoms with Gasteiger partial charge in [0.1, 0.15) is 0 Å². The molecule has 0 aromatic heterocycles. The number of aliphatic hydroxyl groups is 1. The van der Waals surface area contributed by atoms with E-state index in [2.05, 4.69) is 18.3 Å². The third-order valence-corrected chi connectivity index (χ3v) is 4.45. The van der Waals surface area contributed by atoms with Crippen molar-refractivity contribution in [2.45, 2.75) is 51.7 Å². The molecule has 0 radical (unpaired) electrons. The van der Waals surface area contributed by atoms with Gasteiger partial charge in [-0.3, -0.25) is 0 Å². The van der Waals surface area contributed by atoms with Crippen molar-refractivity contribution in [2.24, 2.45) is 5.92 Å². The maximum absolute atomic E-state index is 10.5. The van der Waals surface area contributed by atoms with Gasteiger partial charge in [-0.2, -0.15) is 5.26 Å². The Labute approximate surface area is 121 Å². The van der Waals surface area contributed by atoms with Gasteiger partial charge < -0.3 is 10.4 Å². The highest BCUT2D eigenvalue weighted by atomic mass is 16.3. The highest BCUT2D eigenvalue weighted by molar-refractivity contribution is 5.37. The summed E-state index contributed by atoms with van der Waals surface area (Å²) in [5.41, 5.74) is 2.48. The number of hydrogen-bond acceptors (Lipinski definition) is 3. The van der Waals surface area contributed by atoms with Gasteiger partial charge in [0.05, 0.1) is 17.2 Å². The van der Waals surface area contributed by atoms with E-state index in [1.807, 2.05) is 25.1 Å². The van der Waals surface area contributed by atoms with E-state index >= 15 is 0 Å². The van der Waals surface area contributed by atoms with Gasteiger partial charge in [0.15, 0.2) is 0 Å². The number of nitrogens with zero attached hydrogens (tertiary/aromatic N) is 1. The van der Waals surface area contributed by atoms with Gasteiger partial charge in [-0.1, -0.05) is 13.0 Å². The van der Waals surface area contributed by atoms with Crippen molar-refractivity contribution in [3.63, 3.8) is 0 Å². The molecule has 3 heteroatoms. The molecule has 2 N–H and O–H groups in total. The Balaban J connectivity index is 1.85. The molecule has 1 aromatic rings. The van der Waals surface area contributed by atoms with Crippen LogP contribution < -0.4 is 5.32 Å². The Morgan fingerprint density at radius 1 is 1.40 bits per heavy atom. The van der Waals surface area contributed by atoms with E-state index in [0.29, 0.717) is 12.1 Å². The van der Waals surface area contributed by atoms with E-state index < -0.39 is 5.60 Å². The minimum absolute atomic E-state index is 0.535. The Bertz CT molecular complexity index is 496. The van der Waals surface area contributed by atoms with Gasteiger partial charge in [0.2, 0.25) is 0 Å². The lowest BCUT2D eigenvalue weighted by Gasteiger charge is -2.35. The first-order valence-corrected chi connectivity index (χ1v) is 7.45. The van der Waals surface area contributed by atoms with Crippen molar-refractivity contribution < 1.29 is 5.11 Å². The summed E-state index contributed by atoms with van der Waals surface area (Å²) in [4.78, 5) is 0. The van der Waals surface area contributed by atoms with Crippen LogP contribution in [0.15, 0.2) is 18.2 Å². The molecule has 20 heavy (non-hydrogen) atoms. The van der Waals surface area contributed by atoms with E-state index in [1.165, 1.54) is 5.56 Å². The molecule has 1 fully saturated rings. The van der Waals surface area contributed by atoms with Crippen LogP contribution in [0.5, 0.6) is 0 Å². The van der Waals surface area contributed by atoms with E-state index in [4.69, 9.17) is 5.26 Å². The first-order chi connectivity index (χ1) is 9.52. The minimum atomic E-state index is -0.535. The second kappa shape index (κ2) is 6.39. The second-order valence-electron chi connectivity index (χ2n) is 6.26. The molecule has 0 bridgehead atoms. The van der Waals surface area contributed by atoms with Crippen LogP contribution in [0, 0.1) is 24.2 Å². The van der Waals surface area contributed by atoms with E-state index in [0.717, 1.165) is 43.7 Å². The van der Waals surface area contributed by atoms with Crippen molar-refractivity contribution in [1.82, 2.24) is 5.32 Å². The summed E-state index contributed by atoms with van der Waals surface area (Å²) < 4.78 is 0. The fourth-order valence-corrected chi connectivity index (χ4v) is 2.87. The molecule has 0 spiro atoms. The number of aryl methyl sites for hydroxylation is 1. The molecule has 1 aliphatic carbocycles. The fraction of sp³-hybridized carbons (Fsp3) is 0.588. The number of benzene rings is 1. The van der Waals surface area contributed by atoms with Gasteiger partial charge in [-0.25, -0.2) is 0 Å². The molecule has 2 rings (SSSR count). The summed E-state index contributed by atoms with van der Waals surface area (Å²) in [6.45, 7) is 5.68. The zero-order valence-corrected chi connectivity index (χ0v) is 12.4. The zero-order valence-electron chi connectivity index (χ0n) is 12.4. The molecule has 3 nitrogen and oxygen atoms in total. The molecule has 1 aliphatic rings. The molecule has 1 aromatic carbocycles. The monoisotopic (exact) mass is 272 g/mol. The SMILES string of the molecule is Cc1cc(C#N)ccc1CNCC1(O)CCC(C)CC1. The van der Waals surface area contributed by atoms with Gasteiger partial charge in [-0.05, 0) is 61.8 Å². The number of nitrogens with one attached hydrogen (secondary N) is 1. The van der Waals surface area contributed by atoms with E-state index in [1.54, 1.807) is 0 Å². The molecule has 0 saturated heterocycles. The predicted molar refractivity (Wildman–Crippen MR) is 80.2 cm³/mol. The number of hydrogen-bond donors (Lipinski definition) is 2. The maximum Gasteiger partial charge on any atom is 0.0991 e. The van der Waals surface area contributed by atoms with Gasteiger partial charge in [-0.15, -0.1) is 0 Å². The standard InChI is InChI=1S/C17H24N2O/c1-13-5-7-17(20,8-6-13)12-19-11-16-4-3-15(10-18)9-14(16)2/h3-4,9,13,19-20H,5-8,11-12H2,1-2H3. The van der Waals surface area contributed by atoms with Crippen LogP contribution in [-0.2, 0) is 6.54 Å². The molecule has 0 heterocycles. The van der Waals surface area contributed by atoms with Crippen molar-refractivity contribution in [1.29, 1.82) is 5.26 Å². The van der Waals surface area contributed by atoms with E-state index in [9.17, 15) is 5.11 Å². The fourth-order valence-electron chi connectivity index (χ4n) is 2.87. The highest BCUT2D eigenvalue weighted by Gasteiger charge is 2.31. The second-order valence-corrected chi connectivity index (χ2v) is 6.26. The molecular formula is C17H24N2O. The minimum Gasteiger partial charge on any atom is -0.389 e. The summed E-state index contributed by atoms with van der Waals surface area (Å²) in [7, 11) is 0. The van der Waals surface area contributed by atoms with Crippen LogP contribution in [0.4, 0.5) is 0 Å². The van der Waals surface area contributed by atoms with Crippen LogP contribution in [0.1, 0.15) is 49.3 Å². The molecule has 0 atom stereocenters. The Kier molecular flexibility index (Phi) is 4.80. The lowest BCUT2D eigenvalue weighted by Crippen LogP contribution is -2.43. The third-order valence-electron chi connectivity index (χ3n) is 4.45. The summed E-state index contributed by atoms with van der Waals surface area (Å²) in [6.07, 6.45) is 4.03. The molecule has 0 amide bonds. The smallest absolute Gasteiger partial charge is 0.0991 e. The molecule has 0 unspecified atom stereocenters. The van der Waals surface area contributed by atoms with Crippen LogP contribution in [-0.4, -0.2) is 17.3 Å². The van der Waals surface area contributed by atoms with Gasteiger partial charge >= 0.3 is 0 Å².